The van der Waals surface area contributed by atoms with E-state index >= 15 is 0 Å². The second-order valence-corrected chi connectivity index (χ2v) is 6.30. The molecule has 2 rings (SSSR count). The van der Waals surface area contributed by atoms with Crippen molar-refractivity contribution in [1.29, 1.82) is 0 Å². The monoisotopic (exact) mass is 385 g/mol. The van der Waals surface area contributed by atoms with E-state index in [1.165, 1.54) is 0 Å². The highest BCUT2D eigenvalue weighted by Gasteiger charge is 2.10. The van der Waals surface area contributed by atoms with Gasteiger partial charge in [-0.1, -0.05) is 18.6 Å². The highest BCUT2D eigenvalue weighted by atomic mass is 17.2. The van der Waals surface area contributed by atoms with Crippen LogP contribution in [0.4, 0.5) is 0 Å². The summed E-state index contributed by atoms with van der Waals surface area (Å²) in [6.45, 7) is 5.28. The van der Waals surface area contributed by atoms with E-state index in [9.17, 15) is 0 Å². The summed E-state index contributed by atoms with van der Waals surface area (Å²) in [6.07, 6.45) is 8.04. The van der Waals surface area contributed by atoms with Gasteiger partial charge in [0.25, 0.3) is 0 Å². The highest BCUT2D eigenvalue weighted by molar-refractivity contribution is 5.43. The van der Waals surface area contributed by atoms with Gasteiger partial charge in [0.15, 0.2) is 17.2 Å². The molecule has 1 N–H and O–H groups in total. The zero-order chi connectivity index (χ0) is 20.4. The smallest absolute Gasteiger partial charge is 0.208 e. The average Bonchev–Trinajstić information content (AvgIpc) is 2.70. The minimum atomic E-state index is -0.162. The van der Waals surface area contributed by atoms with Crippen LogP contribution in [-0.4, -0.2) is 33.4 Å². The number of ether oxygens (including phenoxy) is 3. The van der Waals surface area contributed by atoms with Gasteiger partial charge in [0.05, 0.1) is 14.2 Å². The van der Waals surface area contributed by atoms with Crippen LogP contribution in [0.1, 0.15) is 18.1 Å². The Hall–Kier alpha value is -2.88. The molecule has 0 saturated heterocycles. The fraction of sp³-hybridized carbons (Fsp3) is 0.364. The molecule has 0 aliphatic rings. The van der Waals surface area contributed by atoms with Crippen molar-refractivity contribution in [2.75, 3.05) is 27.3 Å². The van der Waals surface area contributed by atoms with Gasteiger partial charge in [-0.05, 0) is 62.2 Å². The van der Waals surface area contributed by atoms with Gasteiger partial charge in [0.1, 0.15) is 12.2 Å². The summed E-state index contributed by atoms with van der Waals surface area (Å²) in [4.78, 5) is 10.8. The molecular weight excluding hydrogens is 358 g/mol. The van der Waals surface area contributed by atoms with Gasteiger partial charge >= 0.3 is 0 Å². The maximum absolute atomic E-state index is 5.43. The fourth-order valence-electron chi connectivity index (χ4n) is 2.57. The lowest BCUT2D eigenvalue weighted by atomic mass is 10.1. The zero-order valence-electron chi connectivity index (χ0n) is 16.8. The Bertz CT molecular complexity index is 800. The number of benzene rings is 2. The summed E-state index contributed by atoms with van der Waals surface area (Å²) in [6, 6.07) is 11.4. The number of methoxy groups -OCH3 is 2. The molecule has 28 heavy (non-hydrogen) atoms. The Morgan fingerprint density at radius 3 is 2.46 bits per heavy atom. The summed E-state index contributed by atoms with van der Waals surface area (Å²) >= 11 is 0. The number of nitrogens with one attached hydrogen (secondary N) is 1. The standard InChI is InChI=1S/C22H27NO5/c1-6-26-22-13-16(2)7-9-20(22)28-27-17(3)15-23-12-11-18-8-10-19(24-4)21(14-18)25-5/h1,7-10,13-14,17,23H,11-12,15H2,2-5H3. The normalized spacial score (nSPS) is 11.4. The second kappa shape index (κ2) is 11.1. The van der Waals surface area contributed by atoms with Gasteiger partial charge < -0.3 is 24.4 Å². The van der Waals surface area contributed by atoms with Gasteiger partial charge in [-0.2, -0.15) is 4.89 Å². The first-order chi connectivity index (χ1) is 13.6. The summed E-state index contributed by atoms with van der Waals surface area (Å²) in [5.41, 5.74) is 2.17. The number of aryl methyl sites for hydroxylation is 1. The SMILES string of the molecule is C#COc1cc(C)ccc1OOC(C)CNCCc1ccc(OC)c(OC)c1. The van der Waals surface area contributed by atoms with E-state index in [-0.39, 0.29) is 6.10 Å². The number of hydrogen-bond acceptors (Lipinski definition) is 6. The molecule has 1 atom stereocenters. The van der Waals surface area contributed by atoms with Crippen LogP contribution in [0.25, 0.3) is 0 Å². The quantitative estimate of drug-likeness (QED) is 0.276. The van der Waals surface area contributed by atoms with Crippen LogP contribution < -0.4 is 24.4 Å². The van der Waals surface area contributed by atoms with Crippen molar-refractivity contribution in [3.63, 3.8) is 0 Å². The predicted octanol–water partition coefficient (Wildman–Crippen LogP) is 3.51. The molecule has 0 radical (unpaired) electrons. The third-order valence-electron chi connectivity index (χ3n) is 4.04. The first-order valence-corrected chi connectivity index (χ1v) is 9.05. The predicted molar refractivity (Wildman–Crippen MR) is 108 cm³/mol. The maximum Gasteiger partial charge on any atom is 0.208 e. The molecule has 0 heterocycles. The molecule has 1 unspecified atom stereocenters. The van der Waals surface area contributed by atoms with E-state index < -0.39 is 0 Å². The van der Waals surface area contributed by atoms with Gasteiger partial charge in [0, 0.05) is 6.54 Å². The molecule has 0 bridgehead atoms. The Labute approximate surface area is 166 Å². The van der Waals surface area contributed by atoms with Crippen LogP contribution in [-0.2, 0) is 11.3 Å². The van der Waals surface area contributed by atoms with Crippen molar-refractivity contribution >= 4 is 0 Å². The topological polar surface area (TPSA) is 58.2 Å². The Morgan fingerprint density at radius 2 is 1.75 bits per heavy atom. The van der Waals surface area contributed by atoms with Gasteiger partial charge in [-0.3, -0.25) is 0 Å². The molecule has 0 amide bonds. The number of hydrogen-bond donors (Lipinski definition) is 1. The van der Waals surface area contributed by atoms with Gasteiger partial charge in [-0.25, -0.2) is 0 Å². The lowest BCUT2D eigenvalue weighted by Gasteiger charge is -2.15. The molecule has 0 saturated carbocycles. The summed E-state index contributed by atoms with van der Waals surface area (Å²) in [5.74, 6) is 2.35. The van der Waals surface area contributed by atoms with E-state index in [0.29, 0.717) is 18.0 Å². The van der Waals surface area contributed by atoms with E-state index in [4.69, 9.17) is 30.4 Å². The first kappa shape index (κ1) is 21.4. The van der Waals surface area contributed by atoms with Crippen molar-refractivity contribution in [1.82, 2.24) is 5.32 Å². The largest absolute Gasteiger partial charge is 0.493 e. The van der Waals surface area contributed by atoms with Crippen molar-refractivity contribution in [3.8, 4) is 35.5 Å². The summed E-state index contributed by atoms with van der Waals surface area (Å²) in [7, 11) is 3.26. The van der Waals surface area contributed by atoms with Crippen LogP contribution in [0.15, 0.2) is 36.4 Å². The van der Waals surface area contributed by atoms with Gasteiger partial charge in [0.2, 0.25) is 5.75 Å². The highest BCUT2D eigenvalue weighted by Crippen LogP contribution is 2.29. The van der Waals surface area contributed by atoms with Crippen molar-refractivity contribution < 1.29 is 24.0 Å². The Balaban J connectivity index is 1.75. The number of terminal acetylenes is 1. The number of rotatable bonds is 11. The molecule has 0 aliphatic heterocycles. The van der Waals surface area contributed by atoms with E-state index in [0.717, 1.165) is 35.6 Å². The van der Waals surface area contributed by atoms with Crippen molar-refractivity contribution in [2.24, 2.45) is 0 Å². The van der Waals surface area contributed by atoms with Crippen LogP contribution in [0.3, 0.4) is 0 Å². The molecule has 2 aromatic carbocycles. The van der Waals surface area contributed by atoms with Crippen LogP contribution in [0.2, 0.25) is 0 Å². The molecule has 150 valence electrons. The maximum atomic E-state index is 5.43. The molecule has 0 aromatic heterocycles. The molecule has 0 fully saturated rings. The summed E-state index contributed by atoms with van der Waals surface area (Å²) in [5, 5.41) is 3.34. The molecular formula is C22H27NO5. The average molecular weight is 385 g/mol. The molecule has 0 spiro atoms. The van der Waals surface area contributed by atoms with E-state index in [1.54, 1.807) is 26.4 Å². The fourth-order valence-corrected chi connectivity index (χ4v) is 2.57. The third kappa shape index (κ3) is 6.38. The Kier molecular flexibility index (Phi) is 8.47. The Morgan fingerprint density at radius 1 is 1.00 bits per heavy atom. The van der Waals surface area contributed by atoms with Crippen molar-refractivity contribution in [2.45, 2.75) is 26.4 Å². The zero-order valence-corrected chi connectivity index (χ0v) is 16.8. The third-order valence-corrected chi connectivity index (χ3v) is 4.04. The molecule has 0 aliphatic carbocycles. The van der Waals surface area contributed by atoms with Gasteiger partial charge in [-0.15, -0.1) is 0 Å². The van der Waals surface area contributed by atoms with E-state index in [2.05, 4.69) is 11.4 Å². The van der Waals surface area contributed by atoms with Crippen LogP contribution in [0.5, 0.6) is 23.0 Å². The minimum Gasteiger partial charge on any atom is -0.493 e. The van der Waals surface area contributed by atoms with Crippen molar-refractivity contribution in [3.05, 3.63) is 47.5 Å². The minimum absolute atomic E-state index is 0.162. The lowest BCUT2D eigenvalue weighted by molar-refractivity contribution is -0.238. The first-order valence-electron chi connectivity index (χ1n) is 9.05. The lowest BCUT2D eigenvalue weighted by Crippen LogP contribution is -2.29. The summed E-state index contributed by atoms with van der Waals surface area (Å²) < 4.78 is 15.7. The van der Waals surface area contributed by atoms with Crippen LogP contribution in [0, 0.1) is 19.5 Å². The molecule has 6 heteroatoms. The molecule has 2 aromatic rings. The van der Waals surface area contributed by atoms with E-state index in [1.807, 2.05) is 38.1 Å². The molecule has 6 nitrogen and oxygen atoms in total. The second-order valence-electron chi connectivity index (χ2n) is 6.30. The van der Waals surface area contributed by atoms with Crippen LogP contribution >= 0.6 is 0 Å².